The van der Waals surface area contributed by atoms with Crippen LogP contribution in [0, 0.1) is 11.6 Å². The molecule has 0 aliphatic carbocycles. The van der Waals surface area contributed by atoms with Crippen LogP contribution in [0.25, 0.3) is 22.3 Å². The zero-order valence-corrected chi connectivity index (χ0v) is 12.1. The summed E-state index contributed by atoms with van der Waals surface area (Å²) in [4.78, 5) is 0. The predicted octanol–water partition coefficient (Wildman–Crippen LogP) is 2.98. The molecule has 0 aromatic heterocycles. The van der Waals surface area contributed by atoms with Crippen LogP contribution in [0.5, 0.6) is 0 Å². The summed E-state index contributed by atoms with van der Waals surface area (Å²) in [5, 5.41) is 18.1. The Balaban J connectivity index is 1.99. The fraction of sp³-hybridized carbons (Fsp3) is 0. The minimum Gasteiger partial charge on any atom is -0.423 e. The van der Waals surface area contributed by atoms with Crippen LogP contribution >= 0.6 is 0 Å². The lowest BCUT2D eigenvalue weighted by Crippen LogP contribution is -2.32. The standard InChI is InChI=1S/C18H13BF2O2/c20-17-10-13(6-8-15(17)12-4-2-1-3-5-12)14-7-9-16(19(22)23)18(21)11-14/h1-11,22-23H. The molecule has 0 atom stereocenters. The van der Waals surface area contributed by atoms with Gasteiger partial charge in [-0.05, 0) is 28.8 Å². The van der Waals surface area contributed by atoms with Crippen molar-refractivity contribution in [3.63, 3.8) is 0 Å². The molecular weight excluding hydrogens is 297 g/mol. The van der Waals surface area contributed by atoms with Gasteiger partial charge in [-0.3, -0.25) is 0 Å². The monoisotopic (exact) mass is 310 g/mol. The topological polar surface area (TPSA) is 40.5 Å². The molecule has 0 radical (unpaired) electrons. The van der Waals surface area contributed by atoms with Crippen molar-refractivity contribution in [1.82, 2.24) is 0 Å². The van der Waals surface area contributed by atoms with Gasteiger partial charge >= 0.3 is 7.12 Å². The first-order chi connectivity index (χ1) is 11.1. The zero-order chi connectivity index (χ0) is 16.4. The molecule has 0 bridgehead atoms. The van der Waals surface area contributed by atoms with E-state index >= 15 is 0 Å². The molecule has 0 saturated carbocycles. The maximum atomic E-state index is 14.4. The number of hydrogen-bond donors (Lipinski definition) is 2. The molecule has 114 valence electrons. The summed E-state index contributed by atoms with van der Waals surface area (Å²) >= 11 is 0. The highest BCUT2D eigenvalue weighted by Crippen LogP contribution is 2.28. The van der Waals surface area contributed by atoms with Gasteiger partial charge in [0.2, 0.25) is 0 Å². The first-order valence-corrected chi connectivity index (χ1v) is 7.07. The van der Waals surface area contributed by atoms with E-state index in [9.17, 15) is 8.78 Å². The Bertz CT molecular complexity index is 836. The lowest BCUT2D eigenvalue weighted by atomic mass is 9.79. The minimum absolute atomic E-state index is 0.213. The molecule has 0 unspecified atom stereocenters. The van der Waals surface area contributed by atoms with E-state index in [1.54, 1.807) is 12.1 Å². The molecule has 2 nitrogen and oxygen atoms in total. The van der Waals surface area contributed by atoms with Crippen LogP contribution in [0.4, 0.5) is 8.78 Å². The summed E-state index contributed by atoms with van der Waals surface area (Å²) in [5.41, 5.74) is 2.00. The van der Waals surface area contributed by atoms with Crippen LogP contribution in [0.3, 0.4) is 0 Å². The summed E-state index contributed by atoms with van der Waals surface area (Å²) in [5.74, 6) is -1.15. The van der Waals surface area contributed by atoms with Crippen molar-refractivity contribution in [2.75, 3.05) is 0 Å². The third kappa shape index (κ3) is 3.16. The quantitative estimate of drug-likeness (QED) is 0.730. The molecule has 0 aliphatic heterocycles. The third-order valence-corrected chi connectivity index (χ3v) is 3.67. The number of halogens is 2. The molecule has 0 aliphatic rings. The summed E-state index contributed by atoms with van der Waals surface area (Å²) in [6, 6.07) is 17.8. The molecule has 0 saturated heterocycles. The van der Waals surface area contributed by atoms with Crippen LogP contribution in [0.1, 0.15) is 0 Å². The molecular formula is C18H13BF2O2. The average Bonchev–Trinajstić information content (AvgIpc) is 2.55. The van der Waals surface area contributed by atoms with Gasteiger partial charge in [0.1, 0.15) is 11.6 Å². The first-order valence-electron chi connectivity index (χ1n) is 7.07. The van der Waals surface area contributed by atoms with Gasteiger partial charge in [0.15, 0.2) is 0 Å². The van der Waals surface area contributed by atoms with E-state index in [0.29, 0.717) is 16.7 Å². The van der Waals surface area contributed by atoms with Crippen LogP contribution in [0.15, 0.2) is 66.7 Å². The van der Waals surface area contributed by atoms with E-state index in [0.717, 1.165) is 11.6 Å². The van der Waals surface area contributed by atoms with Crippen LogP contribution in [-0.2, 0) is 0 Å². The van der Waals surface area contributed by atoms with Gasteiger partial charge in [-0.2, -0.15) is 0 Å². The van der Waals surface area contributed by atoms with Gasteiger partial charge in [-0.1, -0.05) is 54.6 Å². The molecule has 0 heterocycles. The lowest BCUT2D eigenvalue weighted by molar-refractivity contribution is 0.423. The van der Waals surface area contributed by atoms with Gasteiger partial charge < -0.3 is 10.0 Å². The Morgan fingerprint density at radius 2 is 1.26 bits per heavy atom. The predicted molar refractivity (Wildman–Crippen MR) is 87.1 cm³/mol. The summed E-state index contributed by atoms with van der Waals surface area (Å²) in [6.07, 6.45) is 0. The van der Waals surface area contributed by atoms with E-state index in [1.165, 1.54) is 18.2 Å². The Morgan fingerprint density at radius 1 is 0.652 bits per heavy atom. The third-order valence-electron chi connectivity index (χ3n) is 3.67. The van der Waals surface area contributed by atoms with Crippen molar-refractivity contribution in [3.8, 4) is 22.3 Å². The Labute approximate surface area is 132 Å². The summed E-state index contributed by atoms with van der Waals surface area (Å²) in [6.45, 7) is 0. The highest BCUT2D eigenvalue weighted by atomic mass is 19.1. The van der Waals surface area contributed by atoms with Gasteiger partial charge in [0.25, 0.3) is 0 Å². The average molecular weight is 310 g/mol. The maximum Gasteiger partial charge on any atom is 0.491 e. The second kappa shape index (κ2) is 6.32. The largest absolute Gasteiger partial charge is 0.491 e. The van der Waals surface area contributed by atoms with E-state index in [4.69, 9.17) is 10.0 Å². The second-order valence-electron chi connectivity index (χ2n) is 5.17. The molecule has 3 aromatic rings. The maximum absolute atomic E-state index is 14.4. The number of benzene rings is 3. The van der Waals surface area contributed by atoms with Crippen molar-refractivity contribution < 1.29 is 18.8 Å². The smallest absolute Gasteiger partial charge is 0.423 e. The van der Waals surface area contributed by atoms with Crippen molar-refractivity contribution in [2.45, 2.75) is 0 Å². The minimum atomic E-state index is -1.87. The van der Waals surface area contributed by atoms with E-state index < -0.39 is 18.8 Å². The fourth-order valence-corrected chi connectivity index (χ4v) is 2.46. The van der Waals surface area contributed by atoms with E-state index in [-0.39, 0.29) is 5.46 Å². The van der Waals surface area contributed by atoms with Crippen molar-refractivity contribution in [1.29, 1.82) is 0 Å². The molecule has 0 amide bonds. The molecule has 5 heteroatoms. The fourth-order valence-electron chi connectivity index (χ4n) is 2.46. The molecule has 3 rings (SSSR count). The number of rotatable bonds is 3. The Morgan fingerprint density at radius 3 is 1.83 bits per heavy atom. The van der Waals surface area contributed by atoms with Gasteiger partial charge in [-0.25, -0.2) is 8.78 Å². The Hall–Kier alpha value is -2.50. The highest BCUT2D eigenvalue weighted by Gasteiger charge is 2.17. The zero-order valence-electron chi connectivity index (χ0n) is 12.1. The lowest BCUT2D eigenvalue weighted by Gasteiger charge is -2.08. The molecule has 0 spiro atoms. The van der Waals surface area contributed by atoms with E-state index in [2.05, 4.69) is 0 Å². The van der Waals surface area contributed by atoms with Crippen LogP contribution in [-0.4, -0.2) is 17.2 Å². The van der Waals surface area contributed by atoms with Crippen molar-refractivity contribution in [3.05, 3.63) is 78.4 Å². The van der Waals surface area contributed by atoms with Crippen LogP contribution < -0.4 is 5.46 Å². The van der Waals surface area contributed by atoms with Gasteiger partial charge in [-0.15, -0.1) is 0 Å². The highest BCUT2D eigenvalue weighted by molar-refractivity contribution is 6.58. The first kappa shape index (κ1) is 15.4. The van der Waals surface area contributed by atoms with E-state index in [1.807, 2.05) is 30.3 Å². The molecule has 23 heavy (non-hydrogen) atoms. The molecule has 3 aromatic carbocycles. The van der Waals surface area contributed by atoms with Gasteiger partial charge in [0, 0.05) is 11.0 Å². The number of hydrogen-bond acceptors (Lipinski definition) is 2. The SMILES string of the molecule is OB(O)c1ccc(-c2ccc(-c3ccccc3)c(F)c2)cc1F. The molecule has 0 fully saturated rings. The van der Waals surface area contributed by atoms with Crippen LogP contribution in [0.2, 0.25) is 0 Å². The Kier molecular flexibility index (Phi) is 4.23. The second-order valence-corrected chi connectivity index (χ2v) is 5.17. The van der Waals surface area contributed by atoms with Gasteiger partial charge in [0.05, 0.1) is 0 Å². The molecule has 2 N–H and O–H groups in total. The summed E-state index contributed by atoms with van der Waals surface area (Å²) < 4.78 is 28.2. The normalized spacial score (nSPS) is 10.6. The van der Waals surface area contributed by atoms with Crippen molar-refractivity contribution in [2.24, 2.45) is 0 Å². The van der Waals surface area contributed by atoms with Crippen molar-refractivity contribution >= 4 is 12.6 Å². The summed E-state index contributed by atoms with van der Waals surface area (Å²) in [7, 11) is -1.87.